The number of halogens is 1. The summed E-state index contributed by atoms with van der Waals surface area (Å²) >= 11 is 6.27. The fraction of sp³-hybridized carbons (Fsp3) is 0.0952. The van der Waals surface area contributed by atoms with Gasteiger partial charge in [-0.2, -0.15) is 0 Å². The van der Waals surface area contributed by atoms with Crippen molar-refractivity contribution in [2.75, 3.05) is 19.5 Å². The minimum absolute atomic E-state index is 0.132. The van der Waals surface area contributed by atoms with E-state index in [-0.39, 0.29) is 5.91 Å². The molecule has 0 aliphatic heterocycles. The minimum Gasteiger partial charge on any atom is -0.495 e. The average Bonchev–Trinajstić information content (AvgIpc) is 3.19. The summed E-state index contributed by atoms with van der Waals surface area (Å²) in [6.45, 7) is 0. The van der Waals surface area contributed by atoms with E-state index in [1.165, 1.54) is 0 Å². The number of hydrogen-bond acceptors (Lipinski definition) is 5. The molecule has 7 nitrogen and oxygen atoms in total. The summed E-state index contributed by atoms with van der Waals surface area (Å²) < 4.78 is 7.16. The van der Waals surface area contributed by atoms with Crippen LogP contribution in [0.4, 0.5) is 11.5 Å². The van der Waals surface area contributed by atoms with E-state index >= 15 is 0 Å². The van der Waals surface area contributed by atoms with Crippen LogP contribution in [0.25, 0.3) is 16.9 Å². The third kappa shape index (κ3) is 3.60. The predicted octanol–water partition coefficient (Wildman–Crippen LogP) is 4.16. The van der Waals surface area contributed by atoms with E-state index in [1.54, 1.807) is 38.7 Å². The van der Waals surface area contributed by atoms with Crippen LogP contribution in [0, 0.1) is 0 Å². The van der Waals surface area contributed by atoms with E-state index in [0.717, 1.165) is 16.9 Å². The fourth-order valence-electron chi connectivity index (χ4n) is 3.03. The van der Waals surface area contributed by atoms with E-state index in [1.807, 2.05) is 40.9 Å². The van der Waals surface area contributed by atoms with Crippen LogP contribution >= 0.6 is 11.6 Å². The van der Waals surface area contributed by atoms with E-state index in [0.29, 0.717) is 27.8 Å². The van der Waals surface area contributed by atoms with Gasteiger partial charge < -0.3 is 15.4 Å². The van der Waals surface area contributed by atoms with Gasteiger partial charge in [-0.05, 0) is 42.5 Å². The highest BCUT2D eigenvalue weighted by molar-refractivity contribution is 6.32. The number of carbonyl (C=O) groups excluding carboxylic acids is 1. The Labute approximate surface area is 172 Å². The van der Waals surface area contributed by atoms with Gasteiger partial charge in [0.1, 0.15) is 5.75 Å². The molecule has 29 heavy (non-hydrogen) atoms. The van der Waals surface area contributed by atoms with Gasteiger partial charge in [-0.3, -0.25) is 9.20 Å². The van der Waals surface area contributed by atoms with Crippen molar-refractivity contribution in [1.82, 2.24) is 19.7 Å². The van der Waals surface area contributed by atoms with Crippen molar-refractivity contribution in [3.63, 3.8) is 0 Å². The molecule has 1 amide bonds. The molecule has 0 spiro atoms. The molecule has 146 valence electrons. The quantitative estimate of drug-likeness (QED) is 0.519. The highest BCUT2D eigenvalue weighted by atomic mass is 35.5. The number of benzene rings is 2. The summed E-state index contributed by atoms with van der Waals surface area (Å²) in [5, 5.41) is 6.39. The van der Waals surface area contributed by atoms with Crippen LogP contribution in [-0.4, -0.2) is 34.4 Å². The largest absolute Gasteiger partial charge is 0.495 e. The Morgan fingerprint density at radius 1 is 1.14 bits per heavy atom. The third-order valence-corrected chi connectivity index (χ3v) is 4.81. The third-order valence-electron chi connectivity index (χ3n) is 4.51. The van der Waals surface area contributed by atoms with Gasteiger partial charge in [-0.25, -0.2) is 9.97 Å². The lowest BCUT2D eigenvalue weighted by atomic mass is 10.1. The van der Waals surface area contributed by atoms with Gasteiger partial charge in [0.15, 0.2) is 11.5 Å². The van der Waals surface area contributed by atoms with Crippen LogP contribution in [0.15, 0.2) is 61.1 Å². The second kappa shape index (κ2) is 7.81. The minimum atomic E-state index is -0.132. The average molecular weight is 408 g/mol. The number of carbonyl (C=O) groups is 1. The highest BCUT2D eigenvalue weighted by Crippen LogP contribution is 2.31. The number of hydrogen-bond donors (Lipinski definition) is 2. The van der Waals surface area contributed by atoms with Crippen molar-refractivity contribution in [2.45, 2.75) is 0 Å². The first-order valence-corrected chi connectivity index (χ1v) is 9.23. The van der Waals surface area contributed by atoms with Crippen LogP contribution in [0.3, 0.4) is 0 Å². The van der Waals surface area contributed by atoms with Gasteiger partial charge in [-0.1, -0.05) is 11.6 Å². The maximum atomic E-state index is 11.7. The van der Waals surface area contributed by atoms with E-state index in [2.05, 4.69) is 20.6 Å². The molecule has 0 radical (unpaired) electrons. The normalized spacial score (nSPS) is 10.7. The molecule has 0 saturated carbocycles. The molecular weight excluding hydrogens is 390 g/mol. The molecular formula is C21H18ClN5O2. The number of methoxy groups -OCH3 is 1. The molecule has 0 aliphatic carbocycles. The van der Waals surface area contributed by atoms with Crippen LogP contribution in [0.1, 0.15) is 10.4 Å². The molecule has 2 aromatic carbocycles. The zero-order valence-electron chi connectivity index (χ0n) is 15.8. The number of imidazole rings is 1. The van der Waals surface area contributed by atoms with Gasteiger partial charge in [0.2, 0.25) is 0 Å². The van der Waals surface area contributed by atoms with Crippen LogP contribution < -0.4 is 15.4 Å². The molecule has 8 heteroatoms. The van der Waals surface area contributed by atoms with Crippen LogP contribution in [-0.2, 0) is 0 Å². The zero-order valence-corrected chi connectivity index (χ0v) is 16.6. The van der Waals surface area contributed by atoms with Gasteiger partial charge >= 0.3 is 0 Å². The first kappa shape index (κ1) is 18.8. The number of fused-ring (bicyclic) bond motifs is 1. The molecule has 0 unspecified atom stereocenters. The van der Waals surface area contributed by atoms with E-state index < -0.39 is 0 Å². The summed E-state index contributed by atoms with van der Waals surface area (Å²) in [6, 6.07) is 12.7. The molecule has 0 bridgehead atoms. The second-order valence-electron chi connectivity index (χ2n) is 6.24. The molecule has 4 aromatic rings. The second-order valence-corrected chi connectivity index (χ2v) is 6.65. The number of amides is 1. The molecule has 0 fully saturated rings. The van der Waals surface area contributed by atoms with Crippen molar-refractivity contribution < 1.29 is 9.53 Å². The lowest BCUT2D eigenvalue weighted by Crippen LogP contribution is -2.17. The molecule has 0 atom stereocenters. The molecule has 2 N–H and O–H groups in total. The van der Waals surface area contributed by atoms with Crippen molar-refractivity contribution in [3.8, 4) is 17.0 Å². The van der Waals surface area contributed by atoms with Crippen molar-refractivity contribution >= 4 is 34.7 Å². The number of anilines is 2. The monoisotopic (exact) mass is 407 g/mol. The molecule has 2 aromatic heterocycles. The maximum absolute atomic E-state index is 11.7. The lowest BCUT2D eigenvalue weighted by molar-refractivity contribution is 0.0963. The van der Waals surface area contributed by atoms with Crippen molar-refractivity contribution in [2.24, 2.45) is 0 Å². The SMILES string of the molecule is CNC(=O)c1ccc(Nc2nccn3c(-c4ccc(OC)c(Cl)c4)cnc23)cc1. The van der Waals surface area contributed by atoms with E-state index in [9.17, 15) is 4.79 Å². The highest BCUT2D eigenvalue weighted by Gasteiger charge is 2.12. The number of nitrogens with zero attached hydrogens (tertiary/aromatic N) is 3. The van der Waals surface area contributed by atoms with Gasteiger partial charge in [0, 0.05) is 36.3 Å². The summed E-state index contributed by atoms with van der Waals surface area (Å²) in [6.07, 6.45) is 5.31. The maximum Gasteiger partial charge on any atom is 0.251 e. The fourth-order valence-corrected chi connectivity index (χ4v) is 3.29. The predicted molar refractivity (Wildman–Crippen MR) is 113 cm³/mol. The van der Waals surface area contributed by atoms with Crippen molar-refractivity contribution in [3.05, 3.63) is 71.6 Å². The van der Waals surface area contributed by atoms with Gasteiger partial charge in [0.25, 0.3) is 5.91 Å². The first-order chi connectivity index (χ1) is 14.1. The van der Waals surface area contributed by atoms with Crippen LogP contribution in [0.5, 0.6) is 5.75 Å². The van der Waals surface area contributed by atoms with Crippen molar-refractivity contribution in [1.29, 1.82) is 0 Å². The molecule has 2 heterocycles. The summed E-state index contributed by atoms with van der Waals surface area (Å²) in [5.74, 6) is 1.09. The van der Waals surface area contributed by atoms with Gasteiger partial charge in [0.05, 0.1) is 24.0 Å². The number of rotatable bonds is 5. The standard InChI is InChI=1S/C21H18ClN5O2/c1-23-21(28)13-3-6-15(7-4-13)26-19-20-25-12-17(27(20)10-9-24-19)14-5-8-18(29-2)16(22)11-14/h3-12H,1-2H3,(H,23,28)(H,24,26). The van der Waals surface area contributed by atoms with Gasteiger partial charge in [-0.15, -0.1) is 0 Å². The summed E-state index contributed by atoms with van der Waals surface area (Å²) in [5.41, 5.74) is 3.85. The van der Waals surface area contributed by atoms with E-state index in [4.69, 9.17) is 16.3 Å². The Kier molecular flexibility index (Phi) is 5.05. The first-order valence-electron chi connectivity index (χ1n) is 8.86. The number of aromatic nitrogens is 3. The summed E-state index contributed by atoms with van der Waals surface area (Å²) in [4.78, 5) is 20.6. The molecule has 0 saturated heterocycles. The Balaban J connectivity index is 1.67. The topological polar surface area (TPSA) is 80.6 Å². The summed E-state index contributed by atoms with van der Waals surface area (Å²) in [7, 11) is 3.19. The Morgan fingerprint density at radius 2 is 1.93 bits per heavy atom. The number of ether oxygens (including phenoxy) is 1. The Bertz CT molecular complexity index is 1190. The molecule has 4 rings (SSSR count). The van der Waals surface area contributed by atoms with Crippen LogP contribution in [0.2, 0.25) is 5.02 Å². The lowest BCUT2D eigenvalue weighted by Gasteiger charge is -2.09. The zero-order chi connectivity index (χ0) is 20.4. The number of nitrogens with one attached hydrogen (secondary N) is 2. The smallest absolute Gasteiger partial charge is 0.251 e. The Hall–Kier alpha value is -3.58. The molecule has 0 aliphatic rings. The Morgan fingerprint density at radius 3 is 2.62 bits per heavy atom.